The van der Waals surface area contributed by atoms with Gasteiger partial charge in [0.25, 0.3) is 6.29 Å². The summed E-state index contributed by atoms with van der Waals surface area (Å²) < 4.78 is 23.0. The largest absolute Gasteiger partial charge is 0.477 e. The van der Waals surface area contributed by atoms with Crippen LogP contribution in [0.5, 0.6) is 0 Å². The molecule has 0 rings (SSSR count). The second-order valence-corrected chi connectivity index (χ2v) is 24.4. The molecule has 0 heterocycles. The van der Waals surface area contributed by atoms with Gasteiger partial charge in [0.2, 0.25) is 0 Å². The molecule has 2 unspecified atom stereocenters. The molecule has 0 bridgehead atoms. The van der Waals surface area contributed by atoms with Crippen LogP contribution in [0.25, 0.3) is 0 Å². The molecule has 504 valence electrons. The molecule has 0 aliphatic heterocycles. The summed E-state index contributed by atoms with van der Waals surface area (Å²) in [5.41, 5.74) is 0. The molecule has 0 aromatic heterocycles. The van der Waals surface area contributed by atoms with Crippen molar-refractivity contribution >= 4 is 17.9 Å². The van der Waals surface area contributed by atoms with Crippen LogP contribution in [0.2, 0.25) is 0 Å². The minimum Gasteiger partial charge on any atom is -0.477 e. The highest BCUT2D eigenvalue weighted by atomic mass is 16.7. The number of quaternary nitrogens is 1. The van der Waals surface area contributed by atoms with Crippen LogP contribution in [0, 0.1) is 0 Å². The SMILES string of the molecule is CC/C=C\C/C=C\C/C=C\C/C=C\C/C=C\C/C=C\C/C=C\C/C=C\C/C=C\CCCCCCCCCCCC(=O)OC(COC(=O)CCCCCCCCCCCCCCCC/C=C\C/C=C\C/C=C\C/C=C\CC)COC(OCC[N+](C)(C)C)C(=O)O. The number of unbranched alkanes of at least 4 members (excludes halogenated alkanes) is 23. The van der Waals surface area contributed by atoms with E-state index in [1.807, 2.05) is 21.1 Å². The molecule has 9 nitrogen and oxygen atoms in total. The van der Waals surface area contributed by atoms with E-state index in [1.165, 1.54) is 109 Å². The summed E-state index contributed by atoms with van der Waals surface area (Å²) in [6.07, 6.45) is 99.2. The zero-order valence-corrected chi connectivity index (χ0v) is 57.5. The van der Waals surface area contributed by atoms with Crippen molar-refractivity contribution in [3.63, 3.8) is 0 Å². The number of ether oxygens (including phenoxy) is 4. The molecular weight excluding hydrogens is 1100 g/mol. The molecule has 0 saturated carbocycles. The Morgan fingerprint density at radius 2 is 0.607 bits per heavy atom. The zero-order valence-electron chi connectivity index (χ0n) is 57.5. The molecule has 0 aliphatic rings. The van der Waals surface area contributed by atoms with Crippen molar-refractivity contribution < 1.29 is 42.9 Å². The van der Waals surface area contributed by atoms with Crippen LogP contribution in [-0.2, 0) is 33.3 Å². The predicted molar refractivity (Wildman–Crippen MR) is 382 cm³/mol. The molecule has 0 amide bonds. The van der Waals surface area contributed by atoms with Gasteiger partial charge in [-0.25, -0.2) is 4.79 Å². The molecule has 89 heavy (non-hydrogen) atoms. The average molecular weight is 1240 g/mol. The minimum absolute atomic E-state index is 0.179. The topological polar surface area (TPSA) is 108 Å². The maximum absolute atomic E-state index is 13.0. The highest BCUT2D eigenvalue weighted by Crippen LogP contribution is 2.16. The number of likely N-dealkylation sites (N-methyl/N-ethyl adjacent to an activating group) is 1. The van der Waals surface area contributed by atoms with E-state index in [2.05, 4.69) is 172 Å². The van der Waals surface area contributed by atoms with E-state index in [-0.39, 0.29) is 32.2 Å². The second-order valence-electron chi connectivity index (χ2n) is 24.4. The van der Waals surface area contributed by atoms with Gasteiger partial charge >= 0.3 is 17.9 Å². The number of rotatable bonds is 64. The molecule has 0 aromatic carbocycles. The number of carboxylic acids is 1. The Balaban J connectivity index is 4.17. The number of aliphatic carboxylic acids is 1. The lowest BCUT2D eigenvalue weighted by Gasteiger charge is -2.25. The Hall–Kier alpha value is -5.09. The summed E-state index contributed by atoms with van der Waals surface area (Å²) in [5, 5.41) is 9.75. The van der Waals surface area contributed by atoms with Crippen molar-refractivity contribution in [1.82, 2.24) is 0 Å². The van der Waals surface area contributed by atoms with Gasteiger partial charge in [0.1, 0.15) is 13.2 Å². The Bertz CT molecular complexity index is 2020. The van der Waals surface area contributed by atoms with E-state index < -0.39 is 24.3 Å². The summed E-state index contributed by atoms with van der Waals surface area (Å²) >= 11 is 0. The maximum Gasteiger partial charge on any atom is 0.361 e. The van der Waals surface area contributed by atoms with E-state index in [9.17, 15) is 19.5 Å². The van der Waals surface area contributed by atoms with Crippen LogP contribution < -0.4 is 0 Å². The number of nitrogens with zero attached hydrogens (tertiary/aromatic N) is 1. The average Bonchev–Trinajstić information content (AvgIpc) is 3.70. The molecule has 2 atom stereocenters. The van der Waals surface area contributed by atoms with Crippen molar-refractivity contribution in [3.05, 3.63) is 158 Å². The van der Waals surface area contributed by atoms with Crippen LogP contribution in [0.1, 0.15) is 271 Å². The van der Waals surface area contributed by atoms with E-state index in [4.69, 9.17) is 18.9 Å². The highest BCUT2D eigenvalue weighted by Gasteiger charge is 2.25. The van der Waals surface area contributed by atoms with Crippen LogP contribution in [-0.4, -0.2) is 87.4 Å². The monoisotopic (exact) mass is 1230 g/mol. The quantitative estimate of drug-likeness (QED) is 0.0211. The molecule has 1 N–H and O–H groups in total. The standard InChI is InChI=1S/C80H131NO8/c1-6-8-10-12-14-16-18-20-22-24-26-28-30-32-34-35-36-37-38-39-40-41-42-43-45-47-49-51-53-55-57-59-61-63-65-67-69-71-78(83)89-76(75-88-80(79(84)85)86-73-72-81(3,4)5)74-87-77(82)70-68-66-64-62-60-58-56-54-52-50-48-46-44-33-31-29-27-25-23-21-19-17-15-13-11-9-7-2/h8-11,14-17,20-23,26-29,32,34,36-37,39-40,42-43,47,49,76,80H,6-7,12-13,18-19,24-25,30-31,33,35,38,41,44-46,48,50-75H2,1-5H3/p+1/b10-8-,11-9-,16-14-,17-15-,22-20-,23-21-,28-26-,29-27-,34-32-,37-36-,40-39-,43-42-,49-47-. The van der Waals surface area contributed by atoms with Crippen molar-refractivity contribution in [3.8, 4) is 0 Å². The fourth-order valence-electron chi connectivity index (χ4n) is 9.41. The third-order valence-electron chi connectivity index (χ3n) is 14.8. The van der Waals surface area contributed by atoms with Gasteiger partial charge in [-0.15, -0.1) is 0 Å². The lowest BCUT2D eigenvalue weighted by molar-refractivity contribution is -0.870. The van der Waals surface area contributed by atoms with Gasteiger partial charge in [-0.2, -0.15) is 0 Å². The van der Waals surface area contributed by atoms with E-state index in [0.717, 1.165) is 128 Å². The molecular formula is C80H132NO8+. The zero-order chi connectivity index (χ0) is 64.7. The third-order valence-corrected chi connectivity index (χ3v) is 14.8. The number of esters is 2. The first kappa shape index (κ1) is 83.9. The Morgan fingerprint density at radius 1 is 0.337 bits per heavy atom. The fraction of sp³-hybridized carbons (Fsp3) is 0.637. The summed E-state index contributed by atoms with van der Waals surface area (Å²) in [5.74, 6) is -2.02. The van der Waals surface area contributed by atoms with Crippen molar-refractivity contribution in [2.45, 2.75) is 283 Å². The Morgan fingerprint density at radius 3 is 0.899 bits per heavy atom. The summed E-state index contributed by atoms with van der Waals surface area (Å²) in [6, 6.07) is 0. The fourth-order valence-corrected chi connectivity index (χ4v) is 9.41. The number of carbonyl (C=O) groups excluding carboxylic acids is 2. The molecule has 0 aromatic rings. The van der Waals surface area contributed by atoms with Gasteiger partial charge in [-0.3, -0.25) is 9.59 Å². The normalized spacial score (nSPS) is 13.7. The number of carbonyl (C=O) groups is 3. The second kappa shape index (κ2) is 68.8. The van der Waals surface area contributed by atoms with Gasteiger partial charge in [0, 0.05) is 12.8 Å². The lowest BCUT2D eigenvalue weighted by Crippen LogP contribution is -2.40. The van der Waals surface area contributed by atoms with Crippen molar-refractivity contribution in [1.29, 1.82) is 0 Å². The Kier molecular flexibility index (Phi) is 64.9. The van der Waals surface area contributed by atoms with Crippen molar-refractivity contribution in [2.24, 2.45) is 0 Å². The summed E-state index contributed by atoms with van der Waals surface area (Å²) in [6.45, 7) is 4.64. The number of allylic oxidation sites excluding steroid dienone is 26. The van der Waals surface area contributed by atoms with Crippen molar-refractivity contribution in [2.75, 3.05) is 47.5 Å². The molecule has 0 spiro atoms. The smallest absolute Gasteiger partial charge is 0.361 e. The molecule has 0 radical (unpaired) electrons. The van der Waals surface area contributed by atoms with Crippen LogP contribution >= 0.6 is 0 Å². The number of hydrogen-bond acceptors (Lipinski definition) is 7. The number of carboxylic acid groups (broad SMARTS) is 1. The number of hydrogen-bond donors (Lipinski definition) is 1. The highest BCUT2D eigenvalue weighted by molar-refractivity contribution is 5.71. The van der Waals surface area contributed by atoms with Gasteiger partial charge < -0.3 is 28.5 Å². The van der Waals surface area contributed by atoms with E-state index in [1.54, 1.807) is 0 Å². The molecule has 0 saturated heterocycles. The first-order valence-electron chi connectivity index (χ1n) is 35.6. The summed E-state index contributed by atoms with van der Waals surface area (Å²) in [4.78, 5) is 37.7. The van der Waals surface area contributed by atoms with Gasteiger partial charge in [0.15, 0.2) is 6.10 Å². The Labute approximate surface area is 546 Å². The molecule has 9 heteroatoms. The lowest BCUT2D eigenvalue weighted by atomic mass is 10.0. The van der Waals surface area contributed by atoms with E-state index in [0.29, 0.717) is 23.9 Å². The maximum atomic E-state index is 13.0. The minimum atomic E-state index is -1.52. The molecule has 0 aliphatic carbocycles. The van der Waals surface area contributed by atoms with E-state index >= 15 is 0 Å². The van der Waals surface area contributed by atoms with Gasteiger partial charge in [0.05, 0.1) is 34.4 Å². The summed E-state index contributed by atoms with van der Waals surface area (Å²) in [7, 11) is 5.97. The van der Waals surface area contributed by atoms with Gasteiger partial charge in [-0.05, 0) is 122 Å². The predicted octanol–water partition coefficient (Wildman–Crippen LogP) is 22.5. The first-order chi connectivity index (χ1) is 43.6. The first-order valence-corrected chi connectivity index (χ1v) is 35.6. The van der Waals surface area contributed by atoms with Crippen LogP contribution in [0.4, 0.5) is 0 Å². The van der Waals surface area contributed by atoms with Crippen LogP contribution in [0.15, 0.2) is 158 Å². The van der Waals surface area contributed by atoms with Gasteiger partial charge in [-0.1, -0.05) is 294 Å². The van der Waals surface area contributed by atoms with Crippen LogP contribution in [0.3, 0.4) is 0 Å². The molecule has 0 fully saturated rings. The third kappa shape index (κ3) is 70.2.